The quantitative estimate of drug-likeness (QED) is 0.815. The van der Waals surface area contributed by atoms with Crippen molar-refractivity contribution in [2.45, 2.75) is 13.8 Å². The third kappa shape index (κ3) is 2.54. The van der Waals surface area contributed by atoms with Crippen molar-refractivity contribution in [1.29, 1.82) is 0 Å². The molecule has 4 heteroatoms. The number of hydrogen-bond donors (Lipinski definition) is 0. The predicted molar refractivity (Wildman–Crippen MR) is 75.0 cm³/mol. The normalized spacial score (nSPS) is 10.4. The highest BCUT2D eigenvalue weighted by Gasteiger charge is 2.20. The average Bonchev–Trinajstić information content (AvgIpc) is 2.40. The molecule has 2 aromatic carbocycles. The zero-order valence-corrected chi connectivity index (χ0v) is 11.6. The van der Waals surface area contributed by atoms with Crippen molar-refractivity contribution in [2.24, 2.45) is 0 Å². The average molecular weight is 275 g/mol. The van der Waals surface area contributed by atoms with Gasteiger partial charge in [-0.25, -0.2) is 8.78 Å². The number of hydrogen-bond acceptors (Lipinski definition) is 1. The Morgan fingerprint density at radius 1 is 1.10 bits per heavy atom. The Morgan fingerprint density at radius 3 is 2.45 bits per heavy atom. The Balaban J connectivity index is 2.40. The van der Waals surface area contributed by atoms with E-state index >= 15 is 0 Å². The molecule has 0 radical (unpaired) electrons. The molecule has 2 aromatic rings. The zero-order chi connectivity index (χ0) is 14.9. The van der Waals surface area contributed by atoms with E-state index in [1.54, 1.807) is 13.1 Å². The first-order chi connectivity index (χ1) is 9.41. The Kier molecular flexibility index (Phi) is 3.84. The van der Waals surface area contributed by atoms with Gasteiger partial charge in [-0.1, -0.05) is 23.8 Å². The van der Waals surface area contributed by atoms with Crippen molar-refractivity contribution in [3.8, 4) is 0 Å². The van der Waals surface area contributed by atoms with Crippen LogP contribution in [0.5, 0.6) is 0 Å². The molecule has 0 aromatic heterocycles. The number of benzene rings is 2. The van der Waals surface area contributed by atoms with Gasteiger partial charge in [-0.05, 0) is 37.6 Å². The highest BCUT2D eigenvalue weighted by Crippen LogP contribution is 2.23. The van der Waals surface area contributed by atoms with E-state index in [0.29, 0.717) is 5.69 Å². The number of halogens is 2. The van der Waals surface area contributed by atoms with E-state index in [1.165, 1.54) is 17.0 Å². The van der Waals surface area contributed by atoms with Crippen LogP contribution in [0.3, 0.4) is 0 Å². The molecule has 20 heavy (non-hydrogen) atoms. The molecular weight excluding hydrogens is 260 g/mol. The number of nitrogens with zero attached hydrogens (tertiary/aromatic N) is 1. The molecule has 0 atom stereocenters. The smallest absolute Gasteiger partial charge is 0.261 e. The lowest BCUT2D eigenvalue weighted by Gasteiger charge is -2.20. The van der Waals surface area contributed by atoms with Crippen molar-refractivity contribution in [1.82, 2.24) is 0 Å². The molecule has 0 N–H and O–H groups in total. The van der Waals surface area contributed by atoms with Crippen molar-refractivity contribution in [3.63, 3.8) is 0 Å². The van der Waals surface area contributed by atoms with E-state index in [0.717, 1.165) is 17.2 Å². The minimum Gasteiger partial charge on any atom is -0.311 e. The Hall–Kier alpha value is -2.23. The molecule has 104 valence electrons. The second-order valence-corrected chi connectivity index (χ2v) is 4.76. The van der Waals surface area contributed by atoms with Gasteiger partial charge in [-0.3, -0.25) is 4.79 Å². The summed E-state index contributed by atoms with van der Waals surface area (Å²) in [4.78, 5) is 13.6. The summed E-state index contributed by atoms with van der Waals surface area (Å²) >= 11 is 0. The third-order valence-corrected chi connectivity index (χ3v) is 3.20. The van der Waals surface area contributed by atoms with Crippen LogP contribution in [0, 0.1) is 25.5 Å². The van der Waals surface area contributed by atoms with Crippen molar-refractivity contribution < 1.29 is 13.6 Å². The summed E-state index contributed by atoms with van der Waals surface area (Å²) in [5, 5.41) is 0. The fourth-order valence-electron chi connectivity index (χ4n) is 2.14. The topological polar surface area (TPSA) is 20.3 Å². The van der Waals surface area contributed by atoms with Gasteiger partial charge in [0, 0.05) is 12.7 Å². The Morgan fingerprint density at radius 2 is 1.80 bits per heavy atom. The zero-order valence-electron chi connectivity index (χ0n) is 11.6. The number of carbonyl (C=O) groups excluding carboxylic acids is 1. The van der Waals surface area contributed by atoms with Gasteiger partial charge < -0.3 is 4.90 Å². The molecule has 1 amide bonds. The minimum absolute atomic E-state index is 0.271. The van der Waals surface area contributed by atoms with Crippen LogP contribution in [0.4, 0.5) is 14.5 Å². The predicted octanol–water partition coefficient (Wildman–Crippen LogP) is 3.86. The molecule has 2 nitrogen and oxygen atoms in total. The van der Waals surface area contributed by atoms with E-state index in [1.807, 2.05) is 26.0 Å². The standard InChI is InChI=1S/C16H15F2NO/c1-10-7-8-14(11(2)9-10)19(3)16(20)12-5-4-6-13(17)15(12)18/h4-9H,1-3H3. The number of carbonyl (C=O) groups is 1. The number of amides is 1. The number of aryl methyl sites for hydroxylation is 2. The lowest BCUT2D eigenvalue weighted by atomic mass is 10.1. The maximum atomic E-state index is 13.7. The van der Waals surface area contributed by atoms with Crippen LogP contribution in [0.2, 0.25) is 0 Å². The lowest BCUT2D eigenvalue weighted by molar-refractivity contribution is 0.0988. The first kappa shape index (κ1) is 14.2. The second kappa shape index (κ2) is 5.41. The fourth-order valence-corrected chi connectivity index (χ4v) is 2.14. The molecule has 0 spiro atoms. The maximum absolute atomic E-state index is 13.7. The summed E-state index contributed by atoms with van der Waals surface area (Å²) in [5.74, 6) is -2.71. The molecule has 0 saturated carbocycles. The molecule has 0 aliphatic carbocycles. The maximum Gasteiger partial charge on any atom is 0.261 e. The SMILES string of the molecule is Cc1ccc(N(C)C(=O)c2cccc(F)c2F)c(C)c1. The van der Waals surface area contributed by atoms with Crippen LogP contribution < -0.4 is 4.90 Å². The number of anilines is 1. The fraction of sp³-hybridized carbons (Fsp3) is 0.188. The van der Waals surface area contributed by atoms with E-state index in [-0.39, 0.29) is 5.56 Å². The summed E-state index contributed by atoms with van der Waals surface area (Å²) in [7, 11) is 1.55. The molecule has 0 aliphatic heterocycles. The Labute approximate surface area is 116 Å². The molecule has 0 bridgehead atoms. The summed E-state index contributed by atoms with van der Waals surface area (Å²) < 4.78 is 26.9. The van der Waals surface area contributed by atoms with Crippen molar-refractivity contribution in [3.05, 3.63) is 64.7 Å². The number of rotatable bonds is 2. The van der Waals surface area contributed by atoms with Crippen LogP contribution in [0.25, 0.3) is 0 Å². The summed E-state index contributed by atoms with van der Waals surface area (Å²) in [6, 6.07) is 9.18. The second-order valence-electron chi connectivity index (χ2n) is 4.76. The van der Waals surface area contributed by atoms with Gasteiger partial charge in [-0.15, -0.1) is 0 Å². The van der Waals surface area contributed by atoms with Crippen molar-refractivity contribution >= 4 is 11.6 Å². The van der Waals surface area contributed by atoms with Gasteiger partial charge in [-0.2, -0.15) is 0 Å². The third-order valence-electron chi connectivity index (χ3n) is 3.20. The molecule has 2 rings (SSSR count). The first-order valence-corrected chi connectivity index (χ1v) is 6.21. The molecule has 0 fully saturated rings. The van der Waals surface area contributed by atoms with Gasteiger partial charge in [0.15, 0.2) is 11.6 Å². The van der Waals surface area contributed by atoms with E-state index < -0.39 is 17.5 Å². The van der Waals surface area contributed by atoms with Crippen LogP contribution in [-0.2, 0) is 0 Å². The van der Waals surface area contributed by atoms with E-state index in [4.69, 9.17) is 0 Å². The van der Waals surface area contributed by atoms with Crippen molar-refractivity contribution in [2.75, 3.05) is 11.9 Å². The summed E-state index contributed by atoms with van der Waals surface area (Å²) in [5.41, 5.74) is 2.37. The molecule has 0 saturated heterocycles. The van der Waals surface area contributed by atoms with Gasteiger partial charge in [0.1, 0.15) is 0 Å². The summed E-state index contributed by atoms with van der Waals surface area (Å²) in [6.07, 6.45) is 0. The highest BCUT2D eigenvalue weighted by molar-refractivity contribution is 6.06. The van der Waals surface area contributed by atoms with E-state index in [9.17, 15) is 13.6 Å². The summed E-state index contributed by atoms with van der Waals surface area (Å²) in [6.45, 7) is 3.82. The molecule has 0 heterocycles. The van der Waals surface area contributed by atoms with Gasteiger partial charge in [0.25, 0.3) is 5.91 Å². The van der Waals surface area contributed by atoms with Gasteiger partial charge in [0.2, 0.25) is 0 Å². The lowest BCUT2D eigenvalue weighted by Crippen LogP contribution is -2.28. The van der Waals surface area contributed by atoms with E-state index in [2.05, 4.69) is 0 Å². The van der Waals surface area contributed by atoms with Crippen LogP contribution in [-0.4, -0.2) is 13.0 Å². The van der Waals surface area contributed by atoms with Gasteiger partial charge >= 0.3 is 0 Å². The monoisotopic (exact) mass is 275 g/mol. The van der Waals surface area contributed by atoms with Crippen LogP contribution in [0.15, 0.2) is 36.4 Å². The minimum atomic E-state index is -1.12. The molecule has 0 unspecified atom stereocenters. The largest absolute Gasteiger partial charge is 0.311 e. The highest BCUT2D eigenvalue weighted by atomic mass is 19.2. The molecule has 0 aliphatic rings. The van der Waals surface area contributed by atoms with Crippen LogP contribution in [0.1, 0.15) is 21.5 Å². The first-order valence-electron chi connectivity index (χ1n) is 6.21. The van der Waals surface area contributed by atoms with Gasteiger partial charge in [0.05, 0.1) is 5.56 Å². The molecular formula is C16H15F2NO. The van der Waals surface area contributed by atoms with Crippen LogP contribution >= 0.6 is 0 Å². The Bertz CT molecular complexity index is 668.